The molecule has 0 bridgehead atoms. The number of hydrogen-bond acceptors (Lipinski definition) is 3. The molecule has 26 heavy (non-hydrogen) atoms. The van der Waals surface area contributed by atoms with E-state index in [1.807, 2.05) is 0 Å². The molecule has 0 aliphatic heterocycles. The summed E-state index contributed by atoms with van der Waals surface area (Å²) in [5.41, 5.74) is 0. The van der Waals surface area contributed by atoms with Crippen LogP contribution in [-0.4, -0.2) is 30.7 Å². The normalized spacial score (nSPS) is 12.9. The van der Waals surface area contributed by atoms with E-state index in [0.29, 0.717) is 6.42 Å². The molecule has 0 spiro atoms. The van der Waals surface area contributed by atoms with Crippen molar-refractivity contribution in [2.75, 3.05) is 6.61 Å². The molecule has 0 aromatic rings. The summed E-state index contributed by atoms with van der Waals surface area (Å²) in [6.07, 6.45) is 5.15. The van der Waals surface area contributed by atoms with E-state index in [0.717, 1.165) is 19.3 Å². The molecule has 1 N–H and O–H groups in total. The van der Waals surface area contributed by atoms with Gasteiger partial charge in [0.05, 0.1) is 6.61 Å². The van der Waals surface area contributed by atoms with Gasteiger partial charge in [0.2, 0.25) is 0 Å². The van der Waals surface area contributed by atoms with Gasteiger partial charge in [-0.05, 0) is 18.8 Å². The van der Waals surface area contributed by atoms with Gasteiger partial charge in [-0.15, -0.1) is 0 Å². The summed E-state index contributed by atoms with van der Waals surface area (Å²) < 4.78 is 42.2. The lowest BCUT2D eigenvalue weighted by atomic mass is 10.0. The van der Waals surface area contributed by atoms with Crippen LogP contribution in [0.1, 0.15) is 85.0 Å². The van der Waals surface area contributed by atoms with Crippen LogP contribution in [0.15, 0.2) is 0 Å². The Morgan fingerprint density at radius 2 is 1.42 bits per heavy atom. The predicted octanol–water partition coefficient (Wildman–Crippen LogP) is 5.15. The number of alkyl halides is 3. The van der Waals surface area contributed by atoms with Crippen LogP contribution in [0.4, 0.5) is 13.2 Å². The number of halogens is 3. The van der Waals surface area contributed by atoms with Gasteiger partial charge in [-0.2, -0.15) is 13.2 Å². The highest BCUT2D eigenvalue weighted by molar-refractivity contribution is 5.87. The zero-order valence-electron chi connectivity index (χ0n) is 16.3. The average molecular weight is 381 g/mol. The Bertz CT molecular complexity index is 398. The Hall–Kier alpha value is -1.27. The van der Waals surface area contributed by atoms with E-state index in [4.69, 9.17) is 4.74 Å². The molecule has 0 rings (SSSR count). The highest BCUT2D eigenvalue weighted by atomic mass is 19.4. The minimum absolute atomic E-state index is 0.0474. The highest BCUT2D eigenvalue weighted by Crippen LogP contribution is 2.16. The molecule has 154 valence electrons. The molecule has 1 amide bonds. The van der Waals surface area contributed by atoms with E-state index in [-0.39, 0.29) is 18.9 Å². The molecule has 0 aromatic heterocycles. The lowest BCUT2D eigenvalue weighted by Gasteiger charge is -2.20. The van der Waals surface area contributed by atoms with Crippen molar-refractivity contribution < 1.29 is 27.5 Å². The van der Waals surface area contributed by atoms with E-state index >= 15 is 0 Å². The zero-order valence-corrected chi connectivity index (χ0v) is 16.3. The SMILES string of the molecule is CCCCCCCCCCCOC(=O)C(CC(C)C)NC(=O)C(F)(F)F. The Balaban J connectivity index is 4.01. The van der Waals surface area contributed by atoms with Crippen molar-refractivity contribution in [3.63, 3.8) is 0 Å². The van der Waals surface area contributed by atoms with Gasteiger partial charge in [-0.25, -0.2) is 4.79 Å². The number of ether oxygens (including phenoxy) is 1. The van der Waals surface area contributed by atoms with Crippen molar-refractivity contribution in [1.82, 2.24) is 5.32 Å². The van der Waals surface area contributed by atoms with Crippen LogP contribution in [0.3, 0.4) is 0 Å². The van der Waals surface area contributed by atoms with Crippen LogP contribution < -0.4 is 5.32 Å². The van der Waals surface area contributed by atoms with Gasteiger partial charge in [-0.3, -0.25) is 4.79 Å². The molecule has 0 aliphatic carbocycles. The second-order valence-electron chi connectivity index (χ2n) is 7.15. The Morgan fingerprint density at radius 3 is 1.88 bits per heavy atom. The number of esters is 1. The van der Waals surface area contributed by atoms with Crippen molar-refractivity contribution >= 4 is 11.9 Å². The number of rotatable bonds is 14. The number of nitrogens with one attached hydrogen (secondary N) is 1. The number of hydrogen-bond donors (Lipinski definition) is 1. The van der Waals surface area contributed by atoms with Crippen molar-refractivity contribution in [3.05, 3.63) is 0 Å². The molecule has 0 aliphatic rings. The van der Waals surface area contributed by atoms with Gasteiger partial charge in [0.15, 0.2) is 0 Å². The van der Waals surface area contributed by atoms with Gasteiger partial charge in [-0.1, -0.05) is 72.1 Å². The average Bonchev–Trinajstić information content (AvgIpc) is 2.54. The predicted molar refractivity (Wildman–Crippen MR) is 95.6 cm³/mol. The third kappa shape index (κ3) is 13.0. The van der Waals surface area contributed by atoms with E-state index in [1.54, 1.807) is 19.2 Å². The van der Waals surface area contributed by atoms with Crippen LogP contribution in [0, 0.1) is 5.92 Å². The Morgan fingerprint density at radius 1 is 0.923 bits per heavy atom. The van der Waals surface area contributed by atoms with E-state index < -0.39 is 24.1 Å². The second-order valence-corrected chi connectivity index (χ2v) is 7.15. The standard InChI is InChI=1S/C19H34F3NO3/c1-4-5-6-7-8-9-10-11-12-13-26-17(24)16(14-15(2)3)23-18(25)19(20,21)22/h15-16H,4-14H2,1-3H3,(H,23,25). The number of amides is 1. The van der Waals surface area contributed by atoms with Gasteiger partial charge >= 0.3 is 18.1 Å². The summed E-state index contributed by atoms with van der Waals surface area (Å²) >= 11 is 0. The molecule has 1 unspecified atom stereocenters. The first-order valence-corrected chi connectivity index (χ1v) is 9.72. The quantitative estimate of drug-likeness (QED) is 0.334. The fourth-order valence-electron chi connectivity index (χ4n) is 2.61. The highest BCUT2D eigenvalue weighted by Gasteiger charge is 2.41. The molecule has 0 saturated carbocycles. The first-order valence-electron chi connectivity index (χ1n) is 9.72. The zero-order chi connectivity index (χ0) is 20.0. The summed E-state index contributed by atoms with van der Waals surface area (Å²) in [6.45, 7) is 5.88. The van der Waals surface area contributed by atoms with E-state index in [2.05, 4.69) is 6.92 Å². The fraction of sp³-hybridized carbons (Fsp3) is 0.895. The fourth-order valence-corrected chi connectivity index (χ4v) is 2.61. The number of carbonyl (C=O) groups excluding carboxylic acids is 2. The maximum Gasteiger partial charge on any atom is 0.471 e. The van der Waals surface area contributed by atoms with Crippen LogP contribution >= 0.6 is 0 Å². The summed E-state index contributed by atoms with van der Waals surface area (Å²) in [7, 11) is 0. The number of unbranched alkanes of at least 4 members (excludes halogenated alkanes) is 8. The number of carbonyl (C=O) groups is 2. The van der Waals surface area contributed by atoms with Crippen LogP contribution in [0.25, 0.3) is 0 Å². The molecule has 0 aromatic carbocycles. The smallest absolute Gasteiger partial charge is 0.464 e. The molecular formula is C19H34F3NO3. The molecule has 0 saturated heterocycles. The molecule has 7 heteroatoms. The summed E-state index contributed by atoms with van der Waals surface area (Å²) in [6, 6.07) is -1.26. The van der Waals surface area contributed by atoms with Crippen LogP contribution in [0.5, 0.6) is 0 Å². The molecule has 0 radical (unpaired) electrons. The van der Waals surface area contributed by atoms with E-state index in [1.165, 1.54) is 32.1 Å². The van der Waals surface area contributed by atoms with Crippen molar-refractivity contribution in [2.24, 2.45) is 5.92 Å². The monoisotopic (exact) mass is 381 g/mol. The first-order chi connectivity index (χ1) is 12.2. The molecular weight excluding hydrogens is 347 g/mol. The minimum atomic E-state index is -5.01. The van der Waals surface area contributed by atoms with Crippen molar-refractivity contribution in [3.8, 4) is 0 Å². The molecule has 0 fully saturated rings. The molecule has 4 nitrogen and oxygen atoms in total. The summed E-state index contributed by atoms with van der Waals surface area (Å²) in [5.74, 6) is -2.95. The Kier molecular flexibility index (Phi) is 13.2. The van der Waals surface area contributed by atoms with Gasteiger partial charge in [0.25, 0.3) is 0 Å². The molecule has 0 heterocycles. The maximum absolute atomic E-state index is 12.4. The summed E-state index contributed by atoms with van der Waals surface area (Å²) in [4.78, 5) is 23.0. The second kappa shape index (κ2) is 13.9. The lowest BCUT2D eigenvalue weighted by molar-refractivity contribution is -0.176. The van der Waals surface area contributed by atoms with Crippen LogP contribution in [-0.2, 0) is 14.3 Å². The first kappa shape index (κ1) is 24.7. The maximum atomic E-state index is 12.4. The third-order valence-electron chi connectivity index (χ3n) is 4.05. The van der Waals surface area contributed by atoms with Gasteiger partial charge in [0.1, 0.15) is 6.04 Å². The van der Waals surface area contributed by atoms with Crippen molar-refractivity contribution in [2.45, 2.75) is 97.2 Å². The Labute approximate surface area is 155 Å². The van der Waals surface area contributed by atoms with E-state index in [9.17, 15) is 22.8 Å². The largest absolute Gasteiger partial charge is 0.471 e. The summed E-state index contributed by atoms with van der Waals surface area (Å²) in [5, 5.41) is 1.74. The van der Waals surface area contributed by atoms with Crippen molar-refractivity contribution in [1.29, 1.82) is 0 Å². The topological polar surface area (TPSA) is 55.4 Å². The molecule has 1 atom stereocenters. The third-order valence-corrected chi connectivity index (χ3v) is 4.05. The lowest BCUT2D eigenvalue weighted by Crippen LogP contribution is -2.48. The minimum Gasteiger partial charge on any atom is -0.464 e. The van der Waals surface area contributed by atoms with Gasteiger partial charge in [0, 0.05) is 0 Å². The van der Waals surface area contributed by atoms with Crippen LogP contribution in [0.2, 0.25) is 0 Å². The van der Waals surface area contributed by atoms with Gasteiger partial charge < -0.3 is 10.1 Å².